The minimum atomic E-state index is -0.374. The Labute approximate surface area is 124 Å². The molecule has 1 aromatic rings. The molecule has 21 heavy (non-hydrogen) atoms. The summed E-state index contributed by atoms with van der Waals surface area (Å²) < 4.78 is 0. The van der Waals surface area contributed by atoms with E-state index < -0.39 is 0 Å². The third kappa shape index (κ3) is 3.51. The Bertz CT molecular complexity index is 582. The number of benzene rings is 1. The lowest BCUT2D eigenvalue weighted by molar-refractivity contribution is -0.384. The second kappa shape index (κ2) is 5.71. The predicted molar refractivity (Wildman–Crippen MR) is 82.7 cm³/mol. The first-order valence-corrected chi connectivity index (χ1v) is 7.22. The van der Waals surface area contributed by atoms with Crippen LogP contribution in [0.1, 0.15) is 45.6 Å². The molecule has 0 saturated heterocycles. The van der Waals surface area contributed by atoms with Gasteiger partial charge in [0.25, 0.3) is 5.69 Å². The van der Waals surface area contributed by atoms with Crippen LogP contribution in [0.15, 0.2) is 12.1 Å². The fourth-order valence-electron chi connectivity index (χ4n) is 2.72. The van der Waals surface area contributed by atoms with Gasteiger partial charge in [0.15, 0.2) is 0 Å². The normalized spacial score (nSPS) is 14.3. The minimum absolute atomic E-state index is 0.0462. The van der Waals surface area contributed by atoms with Crippen molar-refractivity contribution in [3.05, 3.63) is 27.8 Å². The van der Waals surface area contributed by atoms with Crippen LogP contribution < -0.4 is 10.6 Å². The van der Waals surface area contributed by atoms with E-state index in [9.17, 15) is 14.9 Å². The van der Waals surface area contributed by atoms with Gasteiger partial charge in [0.2, 0.25) is 5.91 Å². The van der Waals surface area contributed by atoms with Crippen molar-refractivity contribution < 1.29 is 9.72 Å². The smallest absolute Gasteiger partial charge is 0.292 e. The summed E-state index contributed by atoms with van der Waals surface area (Å²) in [5.41, 5.74) is 1.77. The van der Waals surface area contributed by atoms with Gasteiger partial charge in [-0.15, -0.1) is 0 Å². The number of nitro groups is 1. The Morgan fingerprint density at radius 1 is 1.38 bits per heavy atom. The summed E-state index contributed by atoms with van der Waals surface area (Å²) >= 11 is 0. The van der Waals surface area contributed by atoms with Gasteiger partial charge in [0, 0.05) is 23.7 Å². The van der Waals surface area contributed by atoms with E-state index in [0.717, 1.165) is 18.4 Å². The highest BCUT2D eigenvalue weighted by Gasteiger charge is 2.26. The highest BCUT2D eigenvalue weighted by molar-refractivity contribution is 5.95. The van der Waals surface area contributed by atoms with Crippen LogP contribution in [0.4, 0.5) is 17.1 Å². The molecule has 0 atom stereocenters. The molecule has 0 aliphatic carbocycles. The molecule has 114 valence electrons. The Morgan fingerprint density at radius 3 is 2.71 bits per heavy atom. The highest BCUT2D eigenvalue weighted by atomic mass is 16.6. The lowest BCUT2D eigenvalue weighted by Crippen LogP contribution is -2.31. The summed E-state index contributed by atoms with van der Waals surface area (Å²) in [4.78, 5) is 22.4. The van der Waals surface area contributed by atoms with Crippen molar-refractivity contribution in [2.24, 2.45) is 0 Å². The standard InChI is InChI=1S/C15H21N3O3/c1-4-7-15(2,3)17-12-9-11-10(5-6-14(19)16-11)8-13(12)18(20)21/h8-9,17H,4-7H2,1-3H3,(H,16,19). The molecule has 1 aromatic carbocycles. The Kier molecular flexibility index (Phi) is 4.16. The number of carbonyl (C=O) groups excluding carboxylic acids is 1. The SMILES string of the molecule is CCCC(C)(C)Nc1cc2c(cc1[N+](=O)[O-])CCC(=O)N2. The average molecular weight is 291 g/mol. The monoisotopic (exact) mass is 291 g/mol. The first-order chi connectivity index (χ1) is 9.82. The van der Waals surface area contributed by atoms with E-state index in [2.05, 4.69) is 17.6 Å². The largest absolute Gasteiger partial charge is 0.375 e. The van der Waals surface area contributed by atoms with Crippen LogP contribution >= 0.6 is 0 Å². The summed E-state index contributed by atoms with van der Waals surface area (Å²) in [6, 6.07) is 3.25. The third-order valence-corrected chi connectivity index (χ3v) is 3.66. The number of nitrogens with one attached hydrogen (secondary N) is 2. The van der Waals surface area contributed by atoms with Crippen molar-refractivity contribution in [2.75, 3.05) is 10.6 Å². The van der Waals surface area contributed by atoms with E-state index in [1.54, 1.807) is 12.1 Å². The molecular formula is C15H21N3O3. The molecule has 0 bridgehead atoms. The van der Waals surface area contributed by atoms with Gasteiger partial charge < -0.3 is 10.6 Å². The summed E-state index contributed by atoms with van der Waals surface area (Å²) in [5, 5.41) is 17.3. The van der Waals surface area contributed by atoms with E-state index in [1.165, 1.54) is 0 Å². The van der Waals surface area contributed by atoms with Gasteiger partial charge in [-0.2, -0.15) is 0 Å². The van der Waals surface area contributed by atoms with Gasteiger partial charge in [-0.25, -0.2) is 0 Å². The number of carbonyl (C=O) groups is 1. The molecule has 6 heteroatoms. The van der Waals surface area contributed by atoms with E-state index in [1.807, 2.05) is 13.8 Å². The number of hydrogen-bond acceptors (Lipinski definition) is 4. The number of aryl methyl sites for hydroxylation is 1. The maximum absolute atomic E-state index is 11.5. The summed E-state index contributed by atoms with van der Waals surface area (Å²) in [6.07, 6.45) is 2.79. The fraction of sp³-hybridized carbons (Fsp3) is 0.533. The van der Waals surface area contributed by atoms with Crippen molar-refractivity contribution in [1.29, 1.82) is 0 Å². The zero-order chi connectivity index (χ0) is 15.6. The van der Waals surface area contributed by atoms with Crippen LogP contribution in [0.3, 0.4) is 0 Å². The predicted octanol–water partition coefficient (Wildman–Crippen LogP) is 3.47. The number of fused-ring (bicyclic) bond motifs is 1. The maximum atomic E-state index is 11.5. The summed E-state index contributed by atoms with van der Waals surface area (Å²) in [6.45, 7) is 6.10. The molecule has 6 nitrogen and oxygen atoms in total. The Balaban J connectivity index is 2.41. The molecular weight excluding hydrogens is 270 g/mol. The van der Waals surface area contributed by atoms with Crippen molar-refractivity contribution in [3.63, 3.8) is 0 Å². The van der Waals surface area contributed by atoms with E-state index in [4.69, 9.17) is 0 Å². The van der Waals surface area contributed by atoms with Crippen molar-refractivity contribution in [1.82, 2.24) is 0 Å². The fourth-order valence-corrected chi connectivity index (χ4v) is 2.72. The average Bonchev–Trinajstić information content (AvgIpc) is 2.36. The van der Waals surface area contributed by atoms with Gasteiger partial charge in [0.1, 0.15) is 5.69 Å². The zero-order valence-corrected chi connectivity index (χ0v) is 12.7. The molecule has 0 radical (unpaired) electrons. The van der Waals surface area contributed by atoms with Crippen molar-refractivity contribution in [3.8, 4) is 0 Å². The molecule has 0 aromatic heterocycles. The Morgan fingerprint density at radius 2 is 2.10 bits per heavy atom. The first kappa shape index (κ1) is 15.3. The molecule has 0 spiro atoms. The molecule has 1 aliphatic heterocycles. The number of hydrogen-bond donors (Lipinski definition) is 2. The Hall–Kier alpha value is -2.11. The summed E-state index contributed by atoms with van der Waals surface area (Å²) in [7, 11) is 0. The number of amides is 1. The lowest BCUT2D eigenvalue weighted by atomic mass is 9.96. The van der Waals surface area contributed by atoms with Gasteiger partial charge in [-0.3, -0.25) is 14.9 Å². The van der Waals surface area contributed by atoms with E-state index in [0.29, 0.717) is 24.2 Å². The maximum Gasteiger partial charge on any atom is 0.292 e. The second-order valence-electron chi connectivity index (χ2n) is 6.09. The van der Waals surface area contributed by atoms with Gasteiger partial charge in [0.05, 0.1) is 4.92 Å². The molecule has 1 amide bonds. The van der Waals surface area contributed by atoms with Gasteiger partial charge in [-0.05, 0) is 38.3 Å². The number of rotatable bonds is 5. The van der Waals surface area contributed by atoms with Crippen LogP contribution in [0.2, 0.25) is 0 Å². The quantitative estimate of drug-likeness (QED) is 0.642. The summed E-state index contributed by atoms with van der Waals surface area (Å²) in [5.74, 6) is -0.0462. The lowest BCUT2D eigenvalue weighted by Gasteiger charge is -2.28. The van der Waals surface area contributed by atoms with Gasteiger partial charge >= 0.3 is 0 Å². The van der Waals surface area contributed by atoms with Crippen LogP contribution in [-0.4, -0.2) is 16.4 Å². The van der Waals surface area contributed by atoms with E-state index in [-0.39, 0.29) is 22.1 Å². The molecule has 0 fully saturated rings. The molecule has 0 saturated carbocycles. The minimum Gasteiger partial charge on any atom is -0.375 e. The van der Waals surface area contributed by atoms with Gasteiger partial charge in [-0.1, -0.05) is 13.3 Å². The molecule has 2 rings (SSSR count). The van der Waals surface area contributed by atoms with Crippen LogP contribution in [0.5, 0.6) is 0 Å². The number of anilines is 2. The highest BCUT2D eigenvalue weighted by Crippen LogP contribution is 2.36. The third-order valence-electron chi connectivity index (χ3n) is 3.66. The first-order valence-electron chi connectivity index (χ1n) is 7.22. The zero-order valence-electron chi connectivity index (χ0n) is 12.7. The number of nitrogens with zero attached hydrogens (tertiary/aromatic N) is 1. The van der Waals surface area contributed by atoms with Crippen molar-refractivity contribution >= 4 is 23.0 Å². The second-order valence-corrected chi connectivity index (χ2v) is 6.09. The molecule has 1 aliphatic rings. The molecule has 1 heterocycles. The molecule has 2 N–H and O–H groups in total. The topological polar surface area (TPSA) is 84.3 Å². The van der Waals surface area contributed by atoms with Crippen molar-refractivity contribution in [2.45, 2.75) is 52.0 Å². The van der Waals surface area contributed by atoms with Crippen LogP contribution in [0, 0.1) is 10.1 Å². The number of nitro benzene ring substituents is 1. The van der Waals surface area contributed by atoms with Crippen LogP contribution in [0.25, 0.3) is 0 Å². The molecule has 0 unspecified atom stereocenters. The van der Waals surface area contributed by atoms with Crippen LogP contribution in [-0.2, 0) is 11.2 Å². The van der Waals surface area contributed by atoms with E-state index >= 15 is 0 Å².